The first-order chi connectivity index (χ1) is 10.2. The molecule has 0 aliphatic rings. The normalized spacial score (nSPS) is 10.7. The molecular weight excluding hydrogens is 286 g/mol. The third kappa shape index (κ3) is 6.58. The van der Waals surface area contributed by atoms with Gasteiger partial charge in [-0.05, 0) is 25.5 Å². The SMILES string of the molecule is CCCCCCNCc1cc(Cl)cc(OC)c1OCCC. The summed E-state index contributed by atoms with van der Waals surface area (Å²) in [5.74, 6) is 1.52. The van der Waals surface area contributed by atoms with E-state index in [1.165, 1.54) is 25.7 Å². The van der Waals surface area contributed by atoms with Gasteiger partial charge in [0.05, 0.1) is 13.7 Å². The molecule has 0 bridgehead atoms. The Morgan fingerprint density at radius 2 is 1.90 bits per heavy atom. The van der Waals surface area contributed by atoms with Gasteiger partial charge in [0.2, 0.25) is 0 Å². The van der Waals surface area contributed by atoms with Crippen molar-refractivity contribution in [2.45, 2.75) is 52.5 Å². The third-order valence-electron chi connectivity index (χ3n) is 3.29. The molecule has 0 radical (unpaired) electrons. The minimum absolute atomic E-state index is 0.679. The van der Waals surface area contributed by atoms with Crippen molar-refractivity contribution in [2.75, 3.05) is 20.3 Å². The van der Waals surface area contributed by atoms with E-state index in [1.807, 2.05) is 6.07 Å². The molecule has 0 aromatic heterocycles. The van der Waals surface area contributed by atoms with E-state index in [1.54, 1.807) is 13.2 Å². The van der Waals surface area contributed by atoms with E-state index in [0.29, 0.717) is 17.4 Å². The van der Waals surface area contributed by atoms with E-state index >= 15 is 0 Å². The van der Waals surface area contributed by atoms with Crippen LogP contribution in [0.5, 0.6) is 11.5 Å². The van der Waals surface area contributed by atoms with Gasteiger partial charge in [-0.2, -0.15) is 0 Å². The Morgan fingerprint density at radius 3 is 2.57 bits per heavy atom. The second kappa shape index (κ2) is 10.7. The molecular formula is C17H28ClNO2. The molecule has 0 heterocycles. The second-order valence-electron chi connectivity index (χ2n) is 5.18. The number of nitrogens with one attached hydrogen (secondary N) is 1. The quantitative estimate of drug-likeness (QED) is 0.595. The molecule has 21 heavy (non-hydrogen) atoms. The molecule has 1 rings (SSSR count). The number of methoxy groups -OCH3 is 1. The Hall–Kier alpha value is -0.930. The van der Waals surface area contributed by atoms with Crippen LogP contribution in [0.25, 0.3) is 0 Å². The minimum atomic E-state index is 0.679. The van der Waals surface area contributed by atoms with Crippen molar-refractivity contribution in [3.05, 3.63) is 22.7 Å². The van der Waals surface area contributed by atoms with E-state index in [9.17, 15) is 0 Å². The van der Waals surface area contributed by atoms with Gasteiger partial charge in [0.1, 0.15) is 0 Å². The van der Waals surface area contributed by atoms with E-state index in [2.05, 4.69) is 19.2 Å². The highest BCUT2D eigenvalue weighted by molar-refractivity contribution is 6.30. The summed E-state index contributed by atoms with van der Waals surface area (Å²) in [4.78, 5) is 0. The Morgan fingerprint density at radius 1 is 1.10 bits per heavy atom. The first kappa shape index (κ1) is 18.1. The molecule has 0 spiro atoms. The molecule has 0 fully saturated rings. The van der Waals surface area contributed by atoms with Crippen LogP contribution in [0, 0.1) is 0 Å². The van der Waals surface area contributed by atoms with Gasteiger partial charge in [-0.15, -0.1) is 0 Å². The fraction of sp³-hybridized carbons (Fsp3) is 0.647. The average Bonchev–Trinajstić information content (AvgIpc) is 2.49. The number of benzene rings is 1. The van der Waals surface area contributed by atoms with Crippen molar-refractivity contribution in [3.63, 3.8) is 0 Å². The van der Waals surface area contributed by atoms with Crippen molar-refractivity contribution in [2.24, 2.45) is 0 Å². The summed E-state index contributed by atoms with van der Waals surface area (Å²) >= 11 is 6.15. The van der Waals surface area contributed by atoms with Crippen LogP contribution in [-0.4, -0.2) is 20.3 Å². The number of ether oxygens (including phenoxy) is 2. The largest absolute Gasteiger partial charge is 0.493 e. The number of hydrogen-bond acceptors (Lipinski definition) is 3. The number of hydrogen-bond donors (Lipinski definition) is 1. The predicted octanol–water partition coefficient (Wildman–Crippen LogP) is 4.81. The number of rotatable bonds is 11. The summed E-state index contributed by atoms with van der Waals surface area (Å²) in [5, 5.41) is 4.14. The first-order valence-electron chi connectivity index (χ1n) is 7.92. The maximum Gasteiger partial charge on any atom is 0.165 e. The first-order valence-corrected chi connectivity index (χ1v) is 8.30. The van der Waals surface area contributed by atoms with Gasteiger partial charge in [-0.25, -0.2) is 0 Å². The molecule has 0 aliphatic heterocycles. The van der Waals surface area contributed by atoms with E-state index < -0.39 is 0 Å². The lowest BCUT2D eigenvalue weighted by Crippen LogP contribution is -2.16. The predicted molar refractivity (Wildman–Crippen MR) is 89.6 cm³/mol. The summed E-state index contributed by atoms with van der Waals surface area (Å²) in [5.41, 5.74) is 1.06. The highest BCUT2D eigenvalue weighted by Gasteiger charge is 2.12. The van der Waals surface area contributed by atoms with E-state index in [-0.39, 0.29) is 0 Å². The van der Waals surface area contributed by atoms with Crippen LogP contribution in [0.15, 0.2) is 12.1 Å². The lowest BCUT2D eigenvalue weighted by molar-refractivity contribution is 0.290. The van der Waals surface area contributed by atoms with Crippen molar-refractivity contribution >= 4 is 11.6 Å². The van der Waals surface area contributed by atoms with Crippen LogP contribution in [-0.2, 0) is 6.54 Å². The monoisotopic (exact) mass is 313 g/mol. The maximum absolute atomic E-state index is 6.15. The molecule has 0 unspecified atom stereocenters. The van der Waals surface area contributed by atoms with Crippen LogP contribution >= 0.6 is 11.6 Å². The average molecular weight is 314 g/mol. The van der Waals surface area contributed by atoms with Crippen LogP contribution < -0.4 is 14.8 Å². The van der Waals surface area contributed by atoms with Gasteiger partial charge in [0, 0.05) is 23.2 Å². The van der Waals surface area contributed by atoms with Gasteiger partial charge >= 0.3 is 0 Å². The molecule has 0 aliphatic carbocycles. The van der Waals surface area contributed by atoms with Crippen LogP contribution in [0.4, 0.5) is 0 Å². The molecule has 0 atom stereocenters. The molecule has 4 heteroatoms. The van der Waals surface area contributed by atoms with Crippen molar-refractivity contribution < 1.29 is 9.47 Å². The Kier molecular flexibility index (Phi) is 9.27. The molecule has 1 aromatic carbocycles. The molecule has 0 amide bonds. The maximum atomic E-state index is 6.15. The van der Waals surface area contributed by atoms with Crippen LogP contribution in [0.3, 0.4) is 0 Å². The number of halogens is 1. The van der Waals surface area contributed by atoms with Gasteiger partial charge in [-0.1, -0.05) is 44.7 Å². The van der Waals surface area contributed by atoms with Crippen molar-refractivity contribution in [1.29, 1.82) is 0 Å². The van der Waals surface area contributed by atoms with Crippen molar-refractivity contribution in [3.8, 4) is 11.5 Å². The van der Waals surface area contributed by atoms with Gasteiger partial charge < -0.3 is 14.8 Å². The second-order valence-corrected chi connectivity index (χ2v) is 5.62. The smallest absolute Gasteiger partial charge is 0.165 e. The zero-order valence-corrected chi connectivity index (χ0v) is 14.3. The summed E-state index contributed by atoms with van der Waals surface area (Å²) < 4.78 is 11.2. The van der Waals surface area contributed by atoms with Crippen LogP contribution in [0.1, 0.15) is 51.5 Å². The highest BCUT2D eigenvalue weighted by atomic mass is 35.5. The van der Waals surface area contributed by atoms with Crippen molar-refractivity contribution in [1.82, 2.24) is 5.32 Å². The topological polar surface area (TPSA) is 30.5 Å². The molecule has 3 nitrogen and oxygen atoms in total. The van der Waals surface area contributed by atoms with E-state index in [4.69, 9.17) is 21.1 Å². The lowest BCUT2D eigenvalue weighted by Gasteiger charge is -2.16. The summed E-state index contributed by atoms with van der Waals surface area (Å²) in [7, 11) is 1.65. The fourth-order valence-electron chi connectivity index (χ4n) is 2.17. The summed E-state index contributed by atoms with van der Waals surface area (Å²) in [6.07, 6.45) is 6.02. The third-order valence-corrected chi connectivity index (χ3v) is 3.51. The lowest BCUT2D eigenvalue weighted by atomic mass is 10.1. The van der Waals surface area contributed by atoms with Gasteiger partial charge in [0.25, 0.3) is 0 Å². The number of unbranched alkanes of at least 4 members (excludes halogenated alkanes) is 3. The molecule has 0 saturated heterocycles. The Labute approximate surface area is 134 Å². The minimum Gasteiger partial charge on any atom is -0.493 e. The Balaban J connectivity index is 2.63. The van der Waals surface area contributed by atoms with Gasteiger partial charge in [-0.3, -0.25) is 0 Å². The molecule has 120 valence electrons. The highest BCUT2D eigenvalue weighted by Crippen LogP contribution is 2.34. The van der Waals surface area contributed by atoms with E-state index in [0.717, 1.165) is 30.8 Å². The zero-order chi connectivity index (χ0) is 15.5. The standard InChI is InChI=1S/C17H28ClNO2/c1-4-6-7-8-9-19-13-14-11-15(18)12-16(20-3)17(14)21-10-5-2/h11-12,19H,4-10,13H2,1-3H3. The summed E-state index contributed by atoms with van der Waals surface area (Å²) in [6.45, 7) is 6.77. The zero-order valence-electron chi connectivity index (χ0n) is 13.5. The summed E-state index contributed by atoms with van der Waals surface area (Å²) in [6, 6.07) is 3.76. The molecule has 0 saturated carbocycles. The Bertz CT molecular complexity index is 410. The van der Waals surface area contributed by atoms with Gasteiger partial charge in [0.15, 0.2) is 11.5 Å². The molecule has 1 aromatic rings. The fourth-order valence-corrected chi connectivity index (χ4v) is 2.40. The molecule has 1 N–H and O–H groups in total. The van der Waals surface area contributed by atoms with Crippen LogP contribution in [0.2, 0.25) is 5.02 Å².